The van der Waals surface area contributed by atoms with Gasteiger partial charge >= 0.3 is 0 Å². The topological polar surface area (TPSA) is 15.3 Å². The summed E-state index contributed by atoms with van der Waals surface area (Å²) in [6.07, 6.45) is 6.50. The lowest BCUT2D eigenvalue weighted by molar-refractivity contribution is 0.103. The van der Waals surface area contributed by atoms with Crippen LogP contribution in [0.4, 0.5) is 4.39 Å². The van der Waals surface area contributed by atoms with Gasteiger partial charge in [-0.15, -0.1) is 12.4 Å². The molecule has 2 fully saturated rings. The highest BCUT2D eigenvalue weighted by Gasteiger charge is 2.32. The van der Waals surface area contributed by atoms with Gasteiger partial charge in [0.05, 0.1) is 0 Å². The Hall–Kier alpha value is -0.350. The molecule has 1 atom stereocenters. The fourth-order valence-electron chi connectivity index (χ4n) is 3.90. The van der Waals surface area contributed by atoms with Crippen LogP contribution in [0.25, 0.3) is 0 Å². The third-order valence-corrected chi connectivity index (χ3v) is 5.25. The van der Waals surface area contributed by atoms with E-state index in [-0.39, 0.29) is 18.2 Å². The zero-order valence-electron chi connectivity index (χ0n) is 12.9. The highest BCUT2D eigenvalue weighted by Crippen LogP contribution is 2.41. The maximum Gasteiger partial charge on any atom is 0.124 e. The molecule has 2 nitrogen and oxygen atoms in total. The molecule has 0 radical (unpaired) electrons. The minimum absolute atomic E-state index is 0. The largest absolute Gasteiger partial charge is 0.314 e. The van der Waals surface area contributed by atoms with Crippen LogP contribution in [-0.4, -0.2) is 31.1 Å². The first-order chi connectivity index (χ1) is 10.3. The quantitative estimate of drug-likeness (QED) is 0.870. The maximum absolute atomic E-state index is 13.4. The Kier molecular flexibility index (Phi) is 6.94. The number of nitrogens with zero attached hydrogens (tertiary/aromatic N) is 1. The van der Waals surface area contributed by atoms with Crippen molar-refractivity contribution in [1.29, 1.82) is 0 Å². The maximum atomic E-state index is 13.4. The standard InChI is InChI=1S/C17H24ClFN2.ClH/c18-16-12-14(19)6-7-15(16)17(13-4-2-1-3-5-13)21-10-8-20-9-11-21;/h6-7,12-13,17,20H,1-5,8-11H2;1H/t17-;/m0./s1. The number of hydrogen-bond acceptors (Lipinski definition) is 2. The van der Waals surface area contributed by atoms with E-state index in [1.165, 1.54) is 38.2 Å². The number of hydrogen-bond donors (Lipinski definition) is 1. The molecule has 1 aromatic carbocycles. The van der Waals surface area contributed by atoms with Crippen LogP contribution in [0.1, 0.15) is 43.7 Å². The summed E-state index contributed by atoms with van der Waals surface area (Å²) in [4.78, 5) is 2.55. The first-order valence-electron chi connectivity index (χ1n) is 8.15. The van der Waals surface area contributed by atoms with Crippen molar-refractivity contribution in [3.05, 3.63) is 34.6 Å². The second-order valence-corrected chi connectivity index (χ2v) is 6.70. The van der Waals surface area contributed by atoms with E-state index in [0.29, 0.717) is 17.0 Å². The van der Waals surface area contributed by atoms with Gasteiger partial charge in [0.15, 0.2) is 0 Å². The van der Waals surface area contributed by atoms with E-state index in [0.717, 1.165) is 31.7 Å². The fraction of sp³-hybridized carbons (Fsp3) is 0.647. The van der Waals surface area contributed by atoms with E-state index >= 15 is 0 Å². The van der Waals surface area contributed by atoms with Crippen LogP contribution in [0.15, 0.2) is 18.2 Å². The Morgan fingerprint density at radius 3 is 2.45 bits per heavy atom. The fourth-order valence-corrected chi connectivity index (χ4v) is 4.18. The Morgan fingerprint density at radius 2 is 1.82 bits per heavy atom. The highest BCUT2D eigenvalue weighted by molar-refractivity contribution is 6.31. The predicted octanol–water partition coefficient (Wildman–Crippen LogP) is 4.43. The first-order valence-corrected chi connectivity index (χ1v) is 8.53. The van der Waals surface area contributed by atoms with Gasteiger partial charge in [0.25, 0.3) is 0 Å². The molecule has 2 aliphatic rings. The molecule has 0 aromatic heterocycles. The van der Waals surface area contributed by atoms with Gasteiger partial charge in [-0.2, -0.15) is 0 Å². The van der Waals surface area contributed by atoms with Crippen molar-refractivity contribution in [3.63, 3.8) is 0 Å². The van der Waals surface area contributed by atoms with E-state index in [4.69, 9.17) is 11.6 Å². The number of halogens is 3. The molecule has 124 valence electrons. The van der Waals surface area contributed by atoms with Crippen molar-refractivity contribution in [2.75, 3.05) is 26.2 Å². The van der Waals surface area contributed by atoms with Gasteiger partial charge in [-0.3, -0.25) is 4.90 Å². The van der Waals surface area contributed by atoms with Gasteiger partial charge in [0, 0.05) is 37.2 Å². The number of rotatable bonds is 3. The summed E-state index contributed by atoms with van der Waals surface area (Å²) in [5, 5.41) is 4.00. The van der Waals surface area contributed by atoms with Crippen molar-refractivity contribution < 1.29 is 4.39 Å². The van der Waals surface area contributed by atoms with E-state index in [1.807, 2.05) is 6.07 Å². The minimum Gasteiger partial charge on any atom is -0.314 e. The molecule has 0 spiro atoms. The van der Waals surface area contributed by atoms with Crippen molar-refractivity contribution in [2.45, 2.75) is 38.1 Å². The van der Waals surface area contributed by atoms with Gasteiger partial charge in [-0.1, -0.05) is 36.9 Å². The molecule has 1 saturated heterocycles. The van der Waals surface area contributed by atoms with Crippen LogP contribution in [-0.2, 0) is 0 Å². The summed E-state index contributed by atoms with van der Waals surface area (Å²) < 4.78 is 13.4. The van der Waals surface area contributed by atoms with Crippen molar-refractivity contribution in [3.8, 4) is 0 Å². The smallest absolute Gasteiger partial charge is 0.124 e. The Morgan fingerprint density at radius 1 is 1.14 bits per heavy atom. The molecule has 1 heterocycles. The van der Waals surface area contributed by atoms with Crippen molar-refractivity contribution in [2.24, 2.45) is 5.92 Å². The third kappa shape index (κ3) is 4.14. The molecule has 5 heteroatoms. The molecule has 1 aliphatic heterocycles. The molecule has 0 bridgehead atoms. The summed E-state index contributed by atoms with van der Waals surface area (Å²) in [6.45, 7) is 4.16. The summed E-state index contributed by atoms with van der Waals surface area (Å²) in [5.74, 6) is 0.409. The van der Waals surface area contributed by atoms with E-state index < -0.39 is 0 Å². The van der Waals surface area contributed by atoms with E-state index in [1.54, 1.807) is 6.07 Å². The average Bonchev–Trinajstić information content (AvgIpc) is 2.52. The Labute approximate surface area is 143 Å². The molecular weight excluding hydrogens is 322 g/mol. The van der Waals surface area contributed by atoms with Crippen molar-refractivity contribution >= 4 is 24.0 Å². The predicted molar refractivity (Wildman–Crippen MR) is 92.4 cm³/mol. The summed E-state index contributed by atoms with van der Waals surface area (Å²) in [7, 11) is 0. The second kappa shape index (κ2) is 8.49. The molecular formula is C17H25Cl2FN2. The summed E-state index contributed by atoms with van der Waals surface area (Å²) >= 11 is 6.38. The molecule has 0 unspecified atom stereocenters. The van der Waals surface area contributed by atoms with E-state index in [9.17, 15) is 4.39 Å². The SMILES string of the molecule is Cl.Fc1ccc([C@H](C2CCCCC2)N2CCNCC2)c(Cl)c1. The molecule has 1 aromatic rings. The molecule has 1 N–H and O–H groups in total. The third-order valence-electron chi connectivity index (χ3n) is 4.92. The number of nitrogens with one attached hydrogen (secondary N) is 1. The second-order valence-electron chi connectivity index (χ2n) is 6.29. The Bertz CT molecular complexity index is 454. The zero-order valence-corrected chi connectivity index (χ0v) is 14.4. The lowest BCUT2D eigenvalue weighted by atomic mass is 9.80. The van der Waals surface area contributed by atoms with Crippen LogP contribution < -0.4 is 5.32 Å². The van der Waals surface area contributed by atoms with Crippen LogP contribution in [0.3, 0.4) is 0 Å². The van der Waals surface area contributed by atoms with Gasteiger partial charge in [-0.25, -0.2) is 4.39 Å². The summed E-state index contributed by atoms with van der Waals surface area (Å²) in [5.41, 5.74) is 1.12. The first kappa shape index (κ1) is 18.0. The lowest BCUT2D eigenvalue weighted by Crippen LogP contribution is -2.47. The van der Waals surface area contributed by atoms with Gasteiger partial charge in [0.1, 0.15) is 5.82 Å². The van der Waals surface area contributed by atoms with Crippen LogP contribution in [0.5, 0.6) is 0 Å². The average molecular weight is 347 g/mol. The van der Waals surface area contributed by atoms with Crippen LogP contribution in [0.2, 0.25) is 5.02 Å². The molecule has 1 saturated carbocycles. The van der Waals surface area contributed by atoms with Crippen molar-refractivity contribution in [1.82, 2.24) is 10.2 Å². The summed E-state index contributed by atoms with van der Waals surface area (Å²) in [6, 6.07) is 5.27. The van der Waals surface area contributed by atoms with Crippen LogP contribution in [0, 0.1) is 11.7 Å². The highest BCUT2D eigenvalue weighted by atomic mass is 35.5. The number of piperazine rings is 1. The zero-order chi connectivity index (χ0) is 14.7. The van der Waals surface area contributed by atoms with Gasteiger partial charge in [0.2, 0.25) is 0 Å². The molecule has 1 aliphatic carbocycles. The van der Waals surface area contributed by atoms with Crippen LogP contribution >= 0.6 is 24.0 Å². The number of benzene rings is 1. The molecule has 0 amide bonds. The minimum atomic E-state index is -0.244. The normalized spacial score (nSPS) is 22.1. The lowest BCUT2D eigenvalue weighted by Gasteiger charge is -2.41. The Balaban J connectivity index is 0.00000176. The molecule has 3 rings (SSSR count). The van der Waals surface area contributed by atoms with Gasteiger partial charge < -0.3 is 5.32 Å². The van der Waals surface area contributed by atoms with E-state index in [2.05, 4.69) is 10.2 Å². The van der Waals surface area contributed by atoms with Gasteiger partial charge in [-0.05, 0) is 36.5 Å². The molecule has 22 heavy (non-hydrogen) atoms. The monoisotopic (exact) mass is 346 g/mol.